The molecule has 0 unspecified atom stereocenters. The summed E-state index contributed by atoms with van der Waals surface area (Å²) in [6.07, 6.45) is -10.5. The maximum Gasteiger partial charge on any atom is 0.316 e. The van der Waals surface area contributed by atoms with E-state index in [0.29, 0.717) is 0 Å². The summed E-state index contributed by atoms with van der Waals surface area (Å²) in [6, 6.07) is 0. The van der Waals surface area contributed by atoms with E-state index >= 15 is 0 Å². The summed E-state index contributed by atoms with van der Waals surface area (Å²) in [7, 11) is 0. The van der Waals surface area contributed by atoms with Gasteiger partial charge in [0.25, 0.3) is 0 Å². The lowest BCUT2D eigenvalue weighted by atomic mass is 9.99. The third-order valence-corrected chi connectivity index (χ3v) is 4.16. The van der Waals surface area contributed by atoms with E-state index in [1.807, 2.05) is 0 Å². The summed E-state index contributed by atoms with van der Waals surface area (Å²) in [4.78, 5) is 0. The van der Waals surface area contributed by atoms with E-state index in [1.165, 1.54) is 0 Å². The van der Waals surface area contributed by atoms with Gasteiger partial charge in [0.2, 0.25) is 0 Å². The van der Waals surface area contributed by atoms with Crippen LogP contribution < -0.4 is 0 Å². The third-order valence-electron chi connectivity index (χ3n) is 4.16. The van der Waals surface area contributed by atoms with Crippen LogP contribution in [0.3, 0.4) is 0 Å². The van der Waals surface area contributed by atoms with Crippen LogP contribution in [0.1, 0.15) is 6.42 Å². The van der Waals surface area contributed by atoms with E-state index in [0.717, 1.165) is 0 Å². The minimum absolute atomic E-state index is 0.0749. The molecular formula is C12H20O10. The van der Waals surface area contributed by atoms with Crippen LogP contribution in [0.25, 0.3) is 0 Å². The molecule has 0 amide bonds. The second-order valence-corrected chi connectivity index (χ2v) is 5.72. The molecule has 0 aromatic carbocycles. The van der Waals surface area contributed by atoms with Crippen molar-refractivity contribution < 1.29 is 49.6 Å². The van der Waals surface area contributed by atoms with Gasteiger partial charge in [0.05, 0.1) is 25.4 Å². The second-order valence-electron chi connectivity index (χ2n) is 5.72. The molecule has 0 aromatic rings. The van der Waals surface area contributed by atoms with E-state index in [4.69, 9.17) is 24.1 Å². The van der Waals surface area contributed by atoms with Gasteiger partial charge in [-0.15, -0.1) is 0 Å². The zero-order valence-electron chi connectivity index (χ0n) is 11.6. The smallest absolute Gasteiger partial charge is 0.316 e. The Balaban J connectivity index is 1.76. The van der Waals surface area contributed by atoms with Gasteiger partial charge in [0, 0.05) is 6.42 Å². The first-order chi connectivity index (χ1) is 10.4. The molecule has 0 radical (unpaired) electrons. The van der Waals surface area contributed by atoms with Crippen LogP contribution in [0.5, 0.6) is 0 Å². The van der Waals surface area contributed by atoms with E-state index in [1.54, 1.807) is 0 Å². The molecule has 10 nitrogen and oxygen atoms in total. The van der Waals surface area contributed by atoms with Crippen LogP contribution in [0, 0.1) is 0 Å². The van der Waals surface area contributed by atoms with Gasteiger partial charge in [-0.2, -0.15) is 0 Å². The average Bonchev–Trinajstić information content (AvgIpc) is 2.86. The quantitative estimate of drug-likeness (QED) is 0.302. The lowest BCUT2D eigenvalue weighted by Crippen LogP contribution is -2.64. The van der Waals surface area contributed by atoms with Crippen molar-refractivity contribution >= 4 is 0 Å². The van der Waals surface area contributed by atoms with Gasteiger partial charge in [-0.25, -0.2) is 0 Å². The normalized spacial score (nSPS) is 55.4. The fraction of sp³-hybridized carbons (Fsp3) is 1.00. The second kappa shape index (κ2) is 5.91. The molecule has 3 aliphatic heterocycles. The first-order valence-corrected chi connectivity index (χ1v) is 7.04. The molecule has 10 heteroatoms. The van der Waals surface area contributed by atoms with Crippen LogP contribution in [0.15, 0.2) is 0 Å². The van der Waals surface area contributed by atoms with Gasteiger partial charge < -0.3 is 44.8 Å². The standard InChI is InChI=1S/C12H20O10/c13-2-6-7(15)8(16)9(17)11(20-6)22-12-10(18)5(14)1-4(21-12)3-19-12/h4-11,13-18H,1-3H2/t4-,5-,6-,7-,8+,9-,10-,11-,12-/m1/s1. The van der Waals surface area contributed by atoms with E-state index in [-0.39, 0.29) is 13.0 Å². The summed E-state index contributed by atoms with van der Waals surface area (Å²) in [5.74, 6) is -2.03. The fourth-order valence-corrected chi connectivity index (χ4v) is 2.87. The van der Waals surface area contributed by atoms with Gasteiger partial charge >= 0.3 is 5.97 Å². The molecule has 0 spiro atoms. The van der Waals surface area contributed by atoms with Crippen LogP contribution in [0.4, 0.5) is 0 Å². The van der Waals surface area contributed by atoms with Crippen molar-refractivity contribution in [2.24, 2.45) is 0 Å². The van der Waals surface area contributed by atoms with Crippen molar-refractivity contribution in [3.05, 3.63) is 0 Å². The van der Waals surface area contributed by atoms with Crippen LogP contribution in [-0.2, 0) is 18.9 Å². The molecule has 2 bridgehead atoms. The predicted molar refractivity (Wildman–Crippen MR) is 65.0 cm³/mol. The van der Waals surface area contributed by atoms with Crippen molar-refractivity contribution in [1.29, 1.82) is 0 Å². The number of hydrogen-bond donors (Lipinski definition) is 6. The Hall–Kier alpha value is -0.400. The summed E-state index contributed by atoms with van der Waals surface area (Å²) < 4.78 is 21.2. The first-order valence-electron chi connectivity index (χ1n) is 7.04. The SMILES string of the molecule is OC[C@H]1O[C@H](O[C@@]23OC[C@@H](C[C@@H](O)[C@H]2O)O3)[C@H](O)[C@@H](O)[C@@H]1O. The van der Waals surface area contributed by atoms with Gasteiger partial charge in [-0.05, 0) is 0 Å². The highest BCUT2D eigenvalue weighted by molar-refractivity contribution is 4.94. The number of ether oxygens (including phenoxy) is 4. The number of hydrogen-bond acceptors (Lipinski definition) is 10. The highest BCUT2D eigenvalue weighted by Crippen LogP contribution is 2.40. The molecule has 6 N–H and O–H groups in total. The van der Waals surface area contributed by atoms with Crippen molar-refractivity contribution in [2.45, 2.75) is 61.4 Å². The maximum atomic E-state index is 10.0. The molecule has 9 atom stereocenters. The van der Waals surface area contributed by atoms with Crippen molar-refractivity contribution in [3.8, 4) is 0 Å². The largest absolute Gasteiger partial charge is 0.394 e. The molecule has 0 aliphatic carbocycles. The topological polar surface area (TPSA) is 158 Å². The number of fused-ring (bicyclic) bond motifs is 2. The van der Waals surface area contributed by atoms with Crippen LogP contribution >= 0.6 is 0 Å². The van der Waals surface area contributed by atoms with Gasteiger partial charge in [0.1, 0.15) is 24.4 Å². The van der Waals surface area contributed by atoms with Crippen molar-refractivity contribution in [3.63, 3.8) is 0 Å². The molecule has 128 valence electrons. The highest BCUT2D eigenvalue weighted by Gasteiger charge is 2.59. The van der Waals surface area contributed by atoms with Gasteiger partial charge in [-0.3, -0.25) is 4.74 Å². The van der Waals surface area contributed by atoms with Crippen LogP contribution in [0.2, 0.25) is 0 Å². The third kappa shape index (κ3) is 2.55. The highest BCUT2D eigenvalue weighted by atomic mass is 16.9. The number of aliphatic hydroxyl groups excluding tert-OH is 6. The summed E-state index contributed by atoms with van der Waals surface area (Å²) in [5.41, 5.74) is 0. The zero-order valence-corrected chi connectivity index (χ0v) is 11.6. The Labute approximate surface area is 125 Å². The molecular weight excluding hydrogens is 304 g/mol. The fourth-order valence-electron chi connectivity index (χ4n) is 2.87. The number of aliphatic hydroxyl groups is 6. The van der Waals surface area contributed by atoms with Crippen molar-refractivity contribution in [1.82, 2.24) is 0 Å². The minimum Gasteiger partial charge on any atom is -0.394 e. The van der Waals surface area contributed by atoms with E-state index in [2.05, 4.69) is 0 Å². The Kier molecular flexibility index (Phi) is 4.42. The first kappa shape index (κ1) is 16.5. The molecule has 0 aromatic heterocycles. The summed E-state index contributed by atoms with van der Waals surface area (Å²) in [6.45, 7) is -0.543. The van der Waals surface area contributed by atoms with Crippen molar-refractivity contribution in [2.75, 3.05) is 13.2 Å². The Morgan fingerprint density at radius 1 is 1.05 bits per heavy atom. The molecule has 22 heavy (non-hydrogen) atoms. The lowest BCUT2D eigenvalue weighted by Gasteiger charge is -2.45. The van der Waals surface area contributed by atoms with Crippen LogP contribution in [-0.4, -0.2) is 98.8 Å². The maximum absolute atomic E-state index is 10.0. The summed E-state index contributed by atoms with van der Waals surface area (Å²) >= 11 is 0. The average molecular weight is 324 g/mol. The monoisotopic (exact) mass is 324 g/mol. The molecule has 3 saturated heterocycles. The zero-order chi connectivity index (χ0) is 16.1. The van der Waals surface area contributed by atoms with Gasteiger partial charge in [0.15, 0.2) is 12.4 Å². The minimum atomic E-state index is -2.03. The van der Waals surface area contributed by atoms with E-state index < -0.39 is 61.6 Å². The number of rotatable bonds is 3. The summed E-state index contributed by atoms with van der Waals surface area (Å²) in [5, 5.41) is 58.3. The predicted octanol–water partition coefficient (Wildman–Crippen LogP) is -4.00. The molecule has 3 fully saturated rings. The Morgan fingerprint density at radius 3 is 2.45 bits per heavy atom. The molecule has 3 heterocycles. The Morgan fingerprint density at radius 2 is 1.77 bits per heavy atom. The molecule has 3 rings (SSSR count). The van der Waals surface area contributed by atoms with Gasteiger partial charge in [-0.1, -0.05) is 0 Å². The van der Waals surface area contributed by atoms with E-state index in [9.17, 15) is 25.5 Å². The Bertz CT molecular complexity index is 405. The molecule has 0 saturated carbocycles. The lowest BCUT2D eigenvalue weighted by molar-refractivity contribution is -0.454. The molecule has 3 aliphatic rings.